The molecule has 172 valence electrons. The van der Waals surface area contributed by atoms with Crippen LogP contribution in [0.25, 0.3) is 0 Å². The molecule has 33 heavy (non-hydrogen) atoms. The van der Waals surface area contributed by atoms with Crippen molar-refractivity contribution in [1.82, 2.24) is 0 Å². The normalized spacial score (nSPS) is 12.8. The second kappa shape index (κ2) is 11.4. The molecule has 1 fully saturated rings. The zero-order valence-corrected chi connectivity index (χ0v) is 18.9. The van der Waals surface area contributed by atoms with E-state index < -0.39 is 0 Å². The predicted octanol–water partition coefficient (Wildman–Crippen LogP) is 4.23. The number of nitrogen functional groups attached to an aromatic ring is 1. The average molecular weight is 447 g/mol. The minimum Gasteiger partial charge on any atom is -0.497 e. The summed E-state index contributed by atoms with van der Waals surface area (Å²) < 4.78 is 10.2. The van der Waals surface area contributed by atoms with Gasteiger partial charge in [-0.15, -0.1) is 0 Å². The van der Waals surface area contributed by atoms with Crippen LogP contribution in [0.5, 0.6) is 11.5 Å². The van der Waals surface area contributed by atoms with Gasteiger partial charge in [-0.3, -0.25) is 4.79 Å². The molecule has 4 rings (SSSR count). The molecular weight excluding hydrogens is 416 g/mol. The van der Waals surface area contributed by atoms with Crippen molar-refractivity contribution in [2.24, 2.45) is 0 Å². The van der Waals surface area contributed by atoms with Gasteiger partial charge in [0.1, 0.15) is 23.9 Å². The summed E-state index contributed by atoms with van der Waals surface area (Å²) in [5.41, 5.74) is 10.1. The van der Waals surface area contributed by atoms with E-state index in [0.717, 1.165) is 49.6 Å². The Labute approximate surface area is 196 Å². The molecule has 0 atom stereocenters. The SMILES string of the molecule is COc1cc(N2CCN(c3ccc(N)cc3)CC2)ccc1C#N.COc1ccc(C=O)cc1.[HH]. The lowest BCUT2D eigenvalue weighted by Crippen LogP contribution is -2.46. The highest BCUT2D eigenvalue weighted by Crippen LogP contribution is 2.27. The molecule has 0 aliphatic carbocycles. The summed E-state index contributed by atoms with van der Waals surface area (Å²) in [6, 6.07) is 22.8. The molecule has 1 aliphatic heterocycles. The number of piperazine rings is 1. The first kappa shape index (κ1) is 23.5. The minimum absolute atomic E-state index is 0. The van der Waals surface area contributed by atoms with Crippen LogP contribution in [0, 0.1) is 11.3 Å². The van der Waals surface area contributed by atoms with E-state index in [2.05, 4.69) is 28.0 Å². The molecule has 0 bridgehead atoms. The van der Waals surface area contributed by atoms with Crippen LogP contribution in [0.4, 0.5) is 17.1 Å². The van der Waals surface area contributed by atoms with Gasteiger partial charge in [-0.25, -0.2) is 0 Å². The van der Waals surface area contributed by atoms with Crippen LogP contribution in [0.1, 0.15) is 17.3 Å². The van der Waals surface area contributed by atoms with E-state index >= 15 is 0 Å². The number of nitrogens with zero attached hydrogens (tertiary/aromatic N) is 3. The summed E-state index contributed by atoms with van der Waals surface area (Å²) in [4.78, 5) is 14.8. The van der Waals surface area contributed by atoms with Gasteiger partial charge in [-0.2, -0.15) is 5.26 Å². The molecule has 0 unspecified atom stereocenters. The lowest BCUT2D eigenvalue weighted by atomic mass is 10.1. The van der Waals surface area contributed by atoms with E-state index in [0.29, 0.717) is 16.9 Å². The summed E-state index contributed by atoms with van der Waals surface area (Å²) in [5, 5.41) is 9.07. The zero-order chi connectivity index (χ0) is 23.6. The fraction of sp³-hybridized carbons (Fsp3) is 0.231. The molecule has 7 heteroatoms. The summed E-state index contributed by atoms with van der Waals surface area (Å²) in [5.74, 6) is 1.40. The first-order valence-electron chi connectivity index (χ1n) is 10.6. The van der Waals surface area contributed by atoms with Crippen LogP contribution < -0.4 is 25.0 Å². The van der Waals surface area contributed by atoms with Gasteiger partial charge in [0, 0.05) is 56.3 Å². The van der Waals surface area contributed by atoms with E-state index in [1.807, 2.05) is 30.3 Å². The number of methoxy groups -OCH3 is 2. The number of rotatable bonds is 5. The van der Waals surface area contributed by atoms with Crippen LogP contribution in [0.2, 0.25) is 0 Å². The summed E-state index contributed by atoms with van der Waals surface area (Å²) >= 11 is 0. The Morgan fingerprint density at radius 2 is 1.45 bits per heavy atom. The molecule has 3 aromatic carbocycles. The van der Waals surface area contributed by atoms with Crippen molar-refractivity contribution in [3.8, 4) is 17.6 Å². The van der Waals surface area contributed by atoms with Crippen LogP contribution in [-0.4, -0.2) is 46.7 Å². The van der Waals surface area contributed by atoms with E-state index in [-0.39, 0.29) is 1.43 Å². The Bertz CT molecular complexity index is 1090. The third-order valence-electron chi connectivity index (χ3n) is 5.46. The lowest BCUT2D eigenvalue weighted by molar-refractivity contribution is 0.112. The van der Waals surface area contributed by atoms with E-state index in [1.165, 1.54) is 5.69 Å². The fourth-order valence-corrected chi connectivity index (χ4v) is 3.56. The van der Waals surface area contributed by atoms with Gasteiger partial charge in [-0.1, -0.05) is 0 Å². The van der Waals surface area contributed by atoms with Crippen molar-refractivity contribution in [3.63, 3.8) is 0 Å². The monoisotopic (exact) mass is 446 g/mol. The second-order valence-corrected chi connectivity index (χ2v) is 7.45. The van der Waals surface area contributed by atoms with E-state index in [4.69, 9.17) is 20.5 Å². The van der Waals surface area contributed by atoms with Crippen molar-refractivity contribution in [2.45, 2.75) is 0 Å². The van der Waals surface area contributed by atoms with Gasteiger partial charge >= 0.3 is 0 Å². The third-order valence-corrected chi connectivity index (χ3v) is 5.46. The van der Waals surface area contributed by atoms with Crippen molar-refractivity contribution in [1.29, 1.82) is 5.26 Å². The standard InChI is InChI=1S/C18H20N4O.C8H8O2.H2/c1-23-18-12-17(5-2-14(18)13-19)22-10-8-21(9-11-22)16-6-3-15(20)4-7-16;1-10-8-4-2-7(6-9)3-5-8;/h2-7,12H,8-11,20H2,1H3;2-6H,1H3;1H. The highest BCUT2D eigenvalue weighted by atomic mass is 16.5. The number of carbonyl (C=O) groups is 1. The maximum atomic E-state index is 10.2. The van der Waals surface area contributed by atoms with Crippen molar-refractivity contribution >= 4 is 23.3 Å². The Hall–Kier alpha value is -4.18. The molecule has 0 saturated carbocycles. The molecule has 0 amide bonds. The summed E-state index contributed by atoms with van der Waals surface area (Å²) in [7, 11) is 3.19. The van der Waals surface area contributed by atoms with Gasteiger partial charge in [-0.05, 0) is 60.7 Å². The number of carbonyl (C=O) groups excluding carboxylic acids is 1. The quantitative estimate of drug-likeness (QED) is 0.463. The Balaban J connectivity index is 0.000000314. The highest BCUT2D eigenvalue weighted by molar-refractivity contribution is 5.74. The van der Waals surface area contributed by atoms with E-state index in [9.17, 15) is 4.79 Å². The number of nitrogens with two attached hydrogens (primary N) is 1. The third kappa shape index (κ3) is 6.17. The number of benzene rings is 3. The number of hydrogen-bond acceptors (Lipinski definition) is 7. The number of aldehydes is 1. The molecular formula is C26H30N4O3. The predicted molar refractivity (Wildman–Crippen MR) is 133 cm³/mol. The first-order chi connectivity index (χ1) is 16.1. The maximum absolute atomic E-state index is 10.2. The van der Waals surface area contributed by atoms with Gasteiger partial charge in [0.2, 0.25) is 0 Å². The Morgan fingerprint density at radius 3 is 1.97 bits per heavy atom. The second-order valence-electron chi connectivity index (χ2n) is 7.45. The summed E-state index contributed by atoms with van der Waals surface area (Å²) in [6.45, 7) is 3.76. The molecule has 3 aromatic rings. The number of anilines is 3. The molecule has 0 radical (unpaired) electrons. The van der Waals surface area contributed by atoms with Crippen LogP contribution in [-0.2, 0) is 0 Å². The zero-order valence-electron chi connectivity index (χ0n) is 18.9. The van der Waals surface area contributed by atoms with Crippen LogP contribution >= 0.6 is 0 Å². The minimum atomic E-state index is 0. The molecule has 2 N–H and O–H groups in total. The average Bonchev–Trinajstić information content (AvgIpc) is 2.89. The molecule has 1 heterocycles. The van der Waals surface area contributed by atoms with E-state index in [1.54, 1.807) is 38.5 Å². The molecule has 1 saturated heterocycles. The smallest absolute Gasteiger partial charge is 0.150 e. The molecule has 0 spiro atoms. The number of ether oxygens (including phenoxy) is 2. The Kier molecular flexibility index (Phi) is 8.14. The van der Waals surface area contributed by atoms with Crippen LogP contribution in [0.15, 0.2) is 66.7 Å². The Morgan fingerprint density at radius 1 is 0.879 bits per heavy atom. The van der Waals surface area contributed by atoms with Crippen molar-refractivity contribution in [3.05, 3.63) is 77.9 Å². The molecule has 7 nitrogen and oxygen atoms in total. The van der Waals surface area contributed by atoms with Gasteiger partial charge in [0.15, 0.2) is 0 Å². The molecule has 1 aliphatic rings. The molecule has 0 aromatic heterocycles. The van der Waals surface area contributed by atoms with Crippen molar-refractivity contribution < 1.29 is 15.7 Å². The highest BCUT2D eigenvalue weighted by Gasteiger charge is 2.18. The lowest BCUT2D eigenvalue weighted by Gasteiger charge is -2.37. The summed E-state index contributed by atoms with van der Waals surface area (Å²) in [6.07, 6.45) is 0.805. The van der Waals surface area contributed by atoms with Crippen LogP contribution in [0.3, 0.4) is 0 Å². The first-order valence-corrected chi connectivity index (χ1v) is 10.6. The largest absolute Gasteiger partial charge is 0.497 e. The number of hydrogen-bond donors (Lipinski definition) is 1. The fourth-order valence-electron chi connectivity index (χ4n) is 3.56. The number of nitriles is 1. The maximum Gasteiger partial charge on any atom is 0.150 e. The van der Waals surface area contributed by atoms with Gasteiger partial charge < -0.3 is 25.0 Å². The van der Waals surface area contributed by atoms with Crippen molar-refractivity contribution in [2.75, 3.05) is 55.9 Å². The van der Waals surface area contributed by atoms with Gasteiger partial charge in [0.25, 0.3) is 0 Å². The topological polar surface area (TPSA) is 91.8 Å². The van der Waals surface area contributed by atoms with Gasteiger partial charge in [0.05, 0.1) is 19.8 Å².